The average molecular weight is 262 g/mol. The van der Waals surface area contributed by atoms with Crippen molar-refractivity contribution in [2.75, 3.05) is 5.73 Å². The first-order valence-corrected chi connectivity index (χ1v) is 6.66. The second kappa shape index (κ2) is 4.24. The van der Waals surface area contributed by atoms with Gasteiger partial charge in [-0.05, 0) is 38.5 Å². The van der Waals surface area contributed by atoms with Gasteiger partial charge < -0.3 is 5.73 Å². The van der Waals surface area contributed by atoms with E-state index in [4.69, 9.17) is 5.73 Å². The Balaban J connectivity index is 1.94. The molecule has 2 heterocycles. The monoisotopic (exact) mass is 262 g/mol. The lowest BCUT2D eigenvalue weighted by molar-refractivity contribution is 0.864. The Bertz CT molecular complexity index is 589. The van der Waals surface area contributed by atoms with Crippen LogP contribution in [0, 0.1) is 13.8 Å². The Labute approximate surface area is 109 Å². The van der Waals surface area contributed by atoms with Crippen molar-refractivity contribution in [2.24, 2.45) is 0 Å². The molecule has 0 bridgehead atoms. The van der Waals surface area contributed by atoms with E-state index in [1.807, 2.05) is 13.8 Å². The summed E-state index contributed by atoms with van der Waals surface area (Å²) < 4.78 is 0. The van der Waals surface area contributed by atoms with Crippen molar-refractivity contribution in [1.82, 2.24) is 25.1 Å². The Morgan fingerprint density at radius 2 is 2.00 bits per heavy atom. The van der Waals surface area contributed by atoms with E-state index in [9.17, 15) is 0 Å². The maximum absolute atomic E-state index is 5.93. The molecule has 2 aromatic heterocycles. The Morgan fingerprint density at radius 1 is 1.22 bits per heavy atom. The lowest BCUT2D eigenvalue weighted by Crippen LogP contribution is -2.03. The fraction of sp³-hybridized carbons (Fsp3) is 0.455. The van der Waals surface area contributed by atoms with Crippen LogP contribution in [0.5, 0.6) is 0 Å². The minimum atomic E-state index is 0.487. The molecule has 1 aliphatic carbocycles. The highest BCUT2D eigenvalue weighted by molar-refractivity contribution is 7.99. The van der Waals surface area contributed by atoms with Gasteiger partial charge in [-0.25, -0.2) is 15.0 Å². The maximum Gasteiger partial charge on any atom is 0.214 e. The topological polar surface area (TPSA) is 93.4 Å². The minimum absolute atomic E-state index is 0.487. The van der Waals surface area contributed by atoms with Crippen LogP contribution in [0.25, 0.3) is 0 Å². The molecule has 0 aromatic carbocycles. The van der Waals surface area contributed by atoms with Crippen molar-refractivity contribution in [3.05, 3.63) is 17.2 Å². The molecule has 0 aliphatic heterocycles. The summed E-state index contributed by atoms with van der Waals surface area (Å²) in [6.45, 7) is 3.79. The third-order valence-electron chi connectivity index (χ3n) is 2.86. The summed E-state index contributed by atoms with van der Waals surface area (Å²) in [6, 6.07) is 0. The summed E-state index contributed by atoms with van der Waals surface area (Å²) >= 11 is 1.42. The SMILES string of the molecule is Cc1nc(Sc2nc(C3CC3)nc(N)c2C)n[nH]1. The molecule has 0 atom stereocenters. The summed E-state index contributed by atoms with van der Waals surface area (Å²) in [5.41, 5.74) is 6.83. The van der Waals surface area contributed by atoms with Gasteiger partial charge in [-0.3, -0.25) is 5.10 Å². The van der Waals surface area contributed by atoms with Crippen molar-refractivity contribution in [3.63, 3.8) is 0 Å². The fourth-order valence-electron chi connectivity index (χ4n) is 1.61. The Hall–Kier alpha value is -1.63. The van der Waals surface area contributed by atoms with E-state index in [2.05, 4.69) is 25.1 Å². The summed E-state index contributed by atoms with van der Waals surface area (Å²) in [6.07, 6.45) is 2.32. The zero-order valence-corrected chi connectivity index (χ0v) is 11.1. The summed E-state index contributed by atoms with van der Waals surface area (Å²) in [4.78, 5) is 13.2. The van der Waals surface area contributed by atoms with Crippen LogP contribution < -0.4 is 5.73 Å². The van der Waals surface area contributed by atoms with Crippen molar-refractivity contribution in [1.29, 1.82) is 0 Å². The molecule has 0 spiro atoms. The second-order valence-corrected chi connectivity index (χ2v) is 5.43. The predicted octanol–water partition coefficient (Wildman–Crippen LogP) is 1.82. The predicted molar refractivity (Wildman–Crippen MR) is 68.4 cm³/mol. The van der Waals surface area contributed by atoms with Gasteiger partial charge >= 0.3 is 0 Å². The lowest BCUT2D eigenvalue weighted by atomic mass is 10.3. The molecule has 94 valence electrons. The number of hydrogen-bond donors (Lipinski definition) is 2. The van der Waals surface area contributed by atoms with Crippen molar-refractivity contribution < 1.29 is 0 Å². The molecule has 1 aliphatic rings. The van der Waals surface area contributed by atoms with Gasteiger partial charge in [0.1, 0.15) is 22.5 Å². The van der Waals surface area contributed by atoms with Crippen LogP contribution in [-0.2, 0) is 0 Å². The van der Waals surface area contributed by atoms with Gasteiger partial charge in [-0.1, -0.05) is 0 Å². The Morgan fingerprint density at radius 3 is 2.61 bits per heavy atom. The van der Waals surface area contributed by atoms with Crippen LogP contribution in [0.4, 0.5) is 5.82 Å². The van der Waals surface area contributed by atoms with E-state index in [1.165, 1.54) is 11.8 Å². The first kappa shape index (κ1) is 11.5. The number of nitrogens with two attached hydrogens (primary N) is 1. The van der Waals surface area contributed by atoms with E-state index in [1.54, 1.807) is 0 Å². The van der Waals surface area contributed by atoms with Gasteiger partial charge in [-0.15, -0.1) is 5.10 Å². The number of nitrogens with zero attached hydrogens (tertiary/aromatic N) is 4. The number of anilines is 1. The molecule has 1 saturated carbocycles. The number of hydrogen-bond acceptors (Lipinski definition) is 6. The van der Waals surface area contributed by atoms with Crippen LogP contribution in [0.3, 0.4) is 0 Å². The van der Waals surface area contributed by atoms with Crippen LogP contribution in [-0.4, -0.2) is 25.1 Å². The quantitative estimate of drug-likeness (QED) is 0.819. The van der Waals surface area contributed by atoms with E-state index in [-0.39, 0.29) is 0 Å². The summed E-state index contributed by atoms with van der Waals surface area (Å²) in [5, 5.41) is 8.43. The highest BCUT2D eigenvalue weighted by atomic mass is 32.2. The van der Waals surface area contributed by atoms with E-state index >= 15 is 0 Å². The maximum atomic E-state index is 5.93. The molecule has 7 heteroatoms. The number of nitrogen functional groups attached to an aromatic ring is 1. The molecule has 2 aromatic rings. The van der Waals surface area contributed by atoms with Gasteiger partial charge in [0.05, 0.1) is 0 Å². The van der Waals surface area contributed by atoms with Crippen molar-refractivity contribution >= 4 is 17.6 Å². The zero-order valence-electron chi connectivity index (χ0n) is 10.3. The van der Waals surface area contributed by atoms with E-state index in [0.717, 1.165) is 35.1 Å². The highest BCUT2D eigenvalue weighted by Crippen LogP contribution is 2.40. The largest absolute Gasteiger partial charge is 0.383 e. The molecule has 6 nitrogen and oxygen atoms in total. The number of H-pyrrole nitrogens is 1. The highest BCUT2D eigenvalue weighted by Gasteiger charge is 2.28. The van der Waals surface area contributed by atoms with Gasteiger partial charge in [-0.2, -0.15) is 0 Å². The molecule has 1 fully saturated rings. The number of aryl methyl sites for hydroxylation is 1. The van der Waals surface area contributed by atoms with Crippen LogP contribution >= 0.6 is 11.8 Å². The molecule has 3 N–H and O–H groups in total. The number of nitrogens with one attached hydrogen (secondary N) is 1. The molecular formula is C11H14N6S. The zero-order chi connectivity index (χ0) is 12.7. The minimum Gasteiger partial charge on any atom is -0.383 e. The molecule has 0 amide bonds. The molecule has 0 radical (unpaired) electrons. The third kappa shape index (κ3) is 2.17. The van der Waals surface area contributed by atoms with Crippen molar-refractivity contribution in [3.8, 4) is 0 Å². The van der Waals surface area contributed by atoms with Crippen LogP contribution in [0.15, 0.2) is 10.2 Å². The van der Waals surface area contributed by atoms with Gasteiger partial charge in [0.15, 0.2) is 0 Å². The smallest absolute Gasteiger partial charge is 0.214 e. The van der Waals surface area contributed by atoms with Gasteiger partial charge in [0.25, 0.3) is 0 Å². The number of aromatic nitrogens is 5. The first-order chi connectivity index (χ1) is 8.63. The van der Waals surface area contributed by atoms with Gasteiger partial charge in [0, 0.05) is 11.5 Å². The Kier molecular flexibility index (Phi) is 2.70. The van der Waals surface area contributed by atoms with E-state index in [0.29, 0.717) is 16.9 Å². The normalized spacial score (nSPS) is 15.0. The second-order valence-electron chi connectivity index (χ2n) is 4.48. The molecule has 0 unspecified atom stereocenters. The molecule has 0 saturated heterocycles. The van der Waals surface area contributed by atoms with E-state index < -0.39 is 0 Å². The number of aromatic amines is 1. The standard InChI is InChI=1S/C11H14N6S/c1-5-8(12)14-9(7-3-4-7)15-10(5)18-11-13-6(2)16-17-11/h7H,3-4H2,1-2H3,(H2,12,14,15)(H,13,16,17). The number of rotatable bonds is 3. The molecule has 3 rings (SSSR count). The first-order valence-electron chi connectivity index (χ1n) is 5.84. The third-order valence-corrected chi connectivity index (χ3v) is 3.82. The average Bonchev–Trinajstić information content (AvgIpc) is 3.10. The summed E-state index contributed by atoms with van der Waals surface area (Å²) in [5.74, 6) is 2.69. The van der Waals surface area contributed by atoms with Gasteiger partial charge in [0.2, 0.25) is 5.16 Å². The summed E-state index contributed by atoms with van der Waals surface area (Å²) in [7, 11) is 0. The molecular weight excluding hydrogens is 248 g/mol. The lowest BCUT2D eigenvalue weighted by Gasteiger charge is -2.07. The van der Waals surface area contributed by atoms with Crippen LogP contribution in [0.1, 0.15) is 36.0 Å². The van der Waals surface area contributed by atoms with Crippen molar-refractivity contribution in [2.45, 2.75) is 42.8 Å². The fourth-order valence-corrected chi connectivity index (χ4v) is 2.45. The molecule has 18 heavy (non-hydrogen) atoms. The van der Waals surface area contributed by atoms with Crippen LogP contribution in [0.2, 0.25) is 0 Å².